The molecule has 1 fully saturated rings. The Labute approximate surface area is 201 Å². The predicted octanol–water partition coefficient (Wildman–Crippen LogP) is 5.53. The highest BCUT2D eigenvalue weighted by atomic mass is 35.5. The summed E-state index contributed by atoms with van der Waals surface area (Å²) in [6, 6.07) is 13.8. The number of aryl methyl sites for hydroxylation is 1. The van der Waals surface area contributed by atoms with Crippen LogP contribution in [0.2, 0.25) is 5.02 Å². The van der Waals surface area contributed by atoms with Crippen LogP contribution in [-0.4, -0.2) is 33.8 Å². The maximum atomic E-state index is 14.2. The van der Waals surface area contributed by atoms with Crippen molar-refractivity contribution in [1.29, 1.82) is 0 Å². The van der Waals surface area contributed by atoms with Gasteiger partial charge in [0, 0.05) is 59.1 Å². The van der Waals surface area contributed by atoms with E-state index in [4.69, 9.17) is 16.3 Å². The first-order valence-electron chi connectivity index (χ1n) is 11.3. The fourth-order valence-electron chi connectivity index (χ4n) is 4.34. The predicted molar refractivity (Wildman–Crippen MR) is 133 cm³/mol. The molecule has 0 atom stereocenters. The minimum atomic E-state index is -0.326. The van der Waals surface area contributed by atoms with Crippen molar-refractivity contribution in [1.82, 2.24) is 14.5 Å². The highest BCUT2D eigenvalue weighted by molar-refractivity contribution is 6.33. The van der Waals surface area contributed by atoms with E-state index in [-0.39, 0.29) is 17.4 Å². The smallest absolute Gasteiger partial charge is 0.260 e. The van der Waals surface area contributed by atoms with Crippen LogP contribution in [0.1, 0.15) is 19.8 Å². The van der Waals surface area contributed by atoms with Gasteiger partial charge < -0.3 is 10.1 Å². The molecule has 174 valence electrons. The number of aromatic nitrogens is 3. The summed E-state index contributed by atoms with van der Waals surface area (Å²) in [6.07, 6.45) is 3.51. The number of halogens is 2. The largest absolute Gasteiger partial charge is 0.381 e. The van der Waals surface area contributed by atoms with Crippen molar-refractivity contribution in [3.63, 3.8) is 0 Å². The normalized spacial score (nSPS) is 14.4. The first-order valence-corrected chi connectivity index (χ1v) is 11.7. The Morgan fingerprint density at radius 3 is 2.65 bits per heavy atom. The van der Waals surface area contributed by atoms with Gasteiger partial charge in [-0.1, -0.05) is 41.9 Å². The molecule has 0 aliphatic carbocycles. The van der Waals surface area contributed by atoms with E-state index >= 15 is 0 Å². The van der Waals surface area contributed by atoms with E-state index in [0.29, 0.717) is 58.6 Å². The molecule has 6 nitrogen and oxygen atoms in total. The lowest BCUT2D eigenvalue weighted by atomic mass is 10.00. The third-order valence-electron chi connectivity index (χ3n) is 6.14. The van der Waals surface area contributed by atoms with Gasteiger partial charge in [0.2, 0.25) is 5.95 Å². The average Bonchev–Trinajstić information content (AvgIpc) is 2.85. The van der Waals surface area contributed by atoms with Crippen LogP contribution in [0.4, 0.5) is 10.3 Å². The fourth-order valence-corrected chi connectivity index (χ4v) is 4.62. The van der Waals surface area contributed by atoms with Gasteiger partial charge in [-0.2, -0.15) is 4.98 Å². The lowest BCUT2D eigenvalue weighted by molar-refractivity contribution is 0.0903. The van der Waals surface area contributed by atoms with Gasteiger partial charge in [0.1, 0.15) is 11.5 Å². The molecule has 0 radical (unpaired) electrons. The van der Waals surface area contributed by atoms with Crippen molar-refractivity contribution >= 4 is 28.6 Å². The van der Waals surface area contributed by atoms with E-state index in [9.17, 15) is 9.18 Å². The lowest BCUT2D eigenvalue weighted by Gasteiger charge is -2.23. The molecule has 4 aromatic rings. The molecule has 8 heteroatoms. The Kier molecular flexibility index (Phi) is 6.30. The fraction of sp³-hybridized carbons (Fsp3) is 0.269. The molecule has 0 spiro atoms. The lowest BCUT2D eigenvalue weighted by Crippen LogP contribution is -2.29. The number of fused-ring (bicyclic) bond motifs is 1. The number of benzene rings is 2. The molecular formula is C26H24ClFN4O2. The number of hydrogen-bond acceptors (Lipinski definition) is 5. The molecule has 0 amide bonds. The van der Waals surface area contributed by atoms with Crippen LogP contribution in [0.5, 0.6) is 0 Å². The molecule has 0 saturated carbocycles. The summed E-state index contributed by atoms with van der Waals surface area (Å²) in [6.45, 7) is 3.78. The minimum absolute atomic E-state index is 0.189. The molecule has 2 aromatic heterocycles. The average molecular weight is 479 g/mol. The Balaban J connectivity index is 1.55. The molecule has 1 aliphatic heterocycles. The van der Waals surface area contributed by atoms with Gasteiger partial charge in [-0.3, -0.25) is 9.36 Å². The Bertz CT molecular complexity index is 1420. The van der Waals surface area contributed by atoms with E-state index in [0.717, 1.165) is 18.2 Å². The summed E-state index contributed by atoms with van der Waals surface area (Å²) in [5, 5.41) is 4.47. The number of ether oxygens (including phenoxy) is 1. The zero-order chi connectivity index (χ0) is 23.7. The maximum absolute atomic E-state index is 14.2. The van der Waals surface area contributed by atoms with E-state index in [2.05, 4.69) is 15.3 Å². The quantitative estimate of drug-likeness (QED) is 0.408. The summed E-state index contributed by atoms with van der Waals surface area (Å²) in [4.78, 5) is 22.5. The highest BCUT2D eigenvalue weighted by Crippen LogP contribution is 2.33. The summed E-state index contributed by atoms with van der Waals surface area (Å²) in [7, 11) is 0. The first kappa shape index (κ1) is 22.5. The number of pyridine rings is 1. The molecular weight excluding hydrogens is 455 g/mol. The molecule has 1 N–H and O–H groups in total. The van der Waals surface area contributed by atoms with Gasteiger partial charge in [0.05, 0.1) is 0 Å². The van der Waals surface area contributed by atoms with Crippen molar-refractivity contribution in [3.8, 4) is 22.3 Å². The number of anilines is 1. The van der Waals surface area contributed by atoms with Crippen LogP contribution in [0.3, 0.4) is 0 Å². The van der Waals surface area contributed by atoms with E-state index in [1.807, 2.05) is 6.92 Å². The maximum Gasteiger partial charge on any atom is 0.260 e. The van der Waals surface area contributed by atoms with Crippen molar-refractivity contribution in [2.75, 3.05) is 18.5 Å². The van der Waals surface area contributed by atoms with Gasteiger partial charge in [0.15, 0.2) is 0 Å². The Morgan fingerprint density at radius 1 is 1.12 bits per heavy atom. The molecule has 3 heterocycles. The summed E-state index contributed by atoms with van der Waals surface area (Å²) < 4.78 is 21.3. The van der Waals surface area contributed by atoms with Crippen molar-refractivity contribution < 1.29 is 9.13 Å². The SMILES string of the molecule is CCn1c(=O)c(-c2ccc(-c3ccccc3F)cc2Cl)cc2cnc(NC3CCOCC3)nc21. The minimum Gasteiger partial charge on any atom is -0.381 e. The molecule has 2 aromatic carbocycles. The highest BCUT2D eigenvalue weighted by Gasteiger charge is 2.18. The third kappa shape index (κ3) is 4.29. The zero-order valence-corrected chi connectivity index (χ0v) is 19.5. The number of rotatable bonds is 5. The monoisotopic (exact) mass is 478 g/mol. The van der Waals surface area contributed by atoms with Crippen LogP contribution in [0, 0.1) is 5.82 Å². The van der Waals surface area contributed by atoms with E-state index in [1.54, 1.807) is 53.2 Å². The second-order valence-corrected chi connectivity index (χ2v) is 8.69. The first-order chi connectivity index (χ1) is 16.5. The Morgan fingerprint density at radius 2 is 1.91 bits per heavy atom. The van der Waals surface area contributed by atoms with Gasteiger partial charge in [-0.05, 0) is 43.5 Å². The van der Waals surface area contributed by atoms with E-state index < -0.39 is 0 Å². The van der Waals surface area contributed by atoms with Crippen LogP contribution < -0.4 is 10.9 Å². The van der Waals surface area contributed by atoms with Gasteiger partial charge in [-0.25, -0.2) is 9.37 Å². The van der Waals surface area contributed by atoms with Crippen LogP contribution in [-0.2, 0) is 11.3 Å². The van der Waals surface area contributed by atoms with Gasteiger partial charge in [0.25, 0.3) is 5.56 Å². The van der Waals surface area contributed by atoms with Crippen molar-refractivity contribution in [3.05, 3.63) is 75.9 Å². The summed E-state index contributed by atoms with van der Waals surface area (Å²) in [5.74, 6) is 0.175. The van der Waals surface area contributed by atoms with Crippen LogP contribution in [0.25, 0.3) is 33.3 Å². The Hall–Kier alpha value is -3.29. The van der Waals surface area contributed by atoms with Crippen molar-refractivity contribution in [2.45, 2.75) is 32.4 Å². The van der Waals surface area contributed by atoms with Crippen molar-refractivity contribution in [2.24, 2.45) is 0 Å². The number of nitrogens with one attached hydrogen (secondary N) is 1. The van der Waals surface area contributed by atoms with Crippen LogP contribution in [0.15, 0.2) is 59.5 Å². The third-order valence-corrected chi connectivity index (χ3v) is 6.45. The second-order valence-electron chi connectivity index (χ2n) is 8.29. The van der Waals surface area contributed by atoms with Gasteiger partial charge >= 0.3 is 0 Å². The number of nitrogens with zero attached hydrogens (tertiary/aromatic N) is 3. The molecule has 1 saturated heterocycles. The second kappa shape index (κ2) is 9.52. The van der Waals surface area contributed by atoms with E-state index in [1.165, 1.54) is 6.07 Å². The molecule has 34 heavy (non-hydrogen) atoms. The summed E-state index contributed by atoms with van der Waals surface area (Å²) >= 11 is 6.60. The standard InChI is InChI=1S/C26H24ClFN4O2/c1-2-32-24-17(15-29-26(31-24)30-18-9-11-34-12-10-18)13-21(25(32)33)20-8-7-16(14-22(20)27)19-5-3-4-6-23(19)28/h3-8,13-15,18H,2,9-12H2,1H3,(H,29,30,31). The summed E-state index contributed by atoms with van der Waals surface area (Å²) in [5.41, 5.74) is 2.52. The number of hydrogen-bond donors (Lipinski definition) is 1. The van der Waals surface area contributed by atoms with Gasteiger partial charge in [-0.15, -0.1) is 0 Å². The molecule has 5 rings (SSSR count). The topological polar surface area (TPSA) is 69.0 Å². The molecule has 1 aliphatic rings. The van der Waals surface area contributed by atoms with Crippen LogP contribution >= 0.6 is 11.6 Å². The molecule has 0 bridgehead atoms. The zero-order valence-electron chi connectivity index (χ0n) is 18.7. The molecule has 0 unspecified atom stereocenters.